The van der Waals surface area contributed by atoms with Gasteiger partial charge in [-0.05, 0) is 36.8 Å². The van der Waals surface area contributed by atoms with Crippen LogP contribution in [0.3, 0.4) is 0 Å². The van der Waals surface area contributed by atoms with E-state index in [1.54, 1.807) is 23.1 Å². The third kappa shape index (κ3) is 2.79. The fourth-order valence-electron chi connectivity index (χ4n) is 2.49. The molecule has 5 nitrogen and oxygen atoms in total. The smallest absolute Gasteiger partial charge is 0.408 e. The summed E-state index contributed by atoms with van der Waals surface area (Å²) in [6.45, 7) is 2.55. The predicted molar refractivity (Wildman–Crippen MR) is 85.0 cm³/mol. The molecule has 22 heavy (non-hydrogen) atoms. The number of fused-ring (bicyclic) bond motifs is 1. The van der Waals surface area contributed by atoms with Crippen LogP contribution in [0.4, 0.5) is 5.69 Å². The zero-order valence-electron chi connectivity index (χ0n) is 12.2. The lowest BCUT2D eigenvalue weighted by Crippen LogP contribution is -2.31. The highest BCUT2D eigenvalue weighted by molar-refractivity contribution is 5.95. The molecular weight excluding hydrogens is 280 g/mol. The van der Waals surface area contributed by atoms with Crippen molar-refractivity contribution in [3.05, 3.63) is 64.6 Å². The van der Waals surface area contributed by atoms with E-state index in [1.165, 1.54) is 0 Å². The quantitative estimate of drug-likeness (QED) is 0.805. The Morgan fingerprint density at radius 1 is 1.18 bits per heavy atom. The summed E-state index contributed by atoms with van der Waals surface area (Å²) < 4.78 is 4.96. The Morgan fingerprint density at radius 3 is 2.68 bits per heavy atom. The van der Waals surface area contributed by atoms with E-state index in [9.17, 15) is 9.59 Å². The molecule has 0 fully saturated rings. The summed E-state index contributed by atoms with van der Waals surface area (Å²) >= 11 is 0. The first-order chi connectivity index (χ1) is 10.7. The molecule has 0 saturated carbocycles. The van der Waals surface area contributed by atoms with Crippen LogP contribution in [0.15, 0.2) is 57.7 Å². The monoisotopic (exact) mass is 296 g/mol. The van der Waals surface area contributed by atoms with E-state index in [2.05, 4.69) is 4.98 Å². The molecule has 3 rings (SSSR count). The fourth-order valence-corrected chi connectivity index (χ4v) is 2.49. The maximum Gasteiger partial charge on any atom is 0.417 e. The van der Waals surface area contributed by atoms with Gasteiger partial charge in [-0.2, -0.15) is 0 Å². The number of oxazole rings is 1. The third-order valence-corrected chi connectivity index (χ3v) is 3.52. The summed E-state index contributed by atoms with van der Waals surface area (Å²) in [5, 5.41) is 0. The fraction of sp³-hybridized carbons (Fsp3) is 0.176. The molecular formula is C17H16N2O3. The lowest BCUT2D eigenvalue weighted by molar-refractivity contribution is -0.117. The summed E-state index contributed by atoms with van der Waals surface area (Å²) in [7, 11) is 0. The average Bonchev–Trinajstić information content (AvgIpc) is 2.88. The van der Waals surface area contributed by atoms with Crippen LogP contribution in [0.25, 0.3) is 11.1 Å². The number of hydrogen-bond acceptors (Lipinski definition) is 3. The molecule has 0 aliphatic heterocycles. The van der Waals surface area contributed by atoms with Crippen molar-refractivity contribution in [1.82, 2.24) is 4.98 Å². The standard InChI is InChI=1S/C17H16N2O3/c1-2-19(13-6-4-3-5-7-13)16(20)11-12-8-9-15-14(10-12)18-17(21)22-15/h3-10H,2,11H2,1H3,(H,18,21). The number of benzene rings is 2. The van der Waals surface area contributed by atoms with E-state index in [4.69, 9.17) is 4.42 Å². The molecule has 112 valence electrons. The molecule has 0 aliphatic carbocycles. The van der Waals surface area contributed by atoms with Gasteiger partial charge in [-0.15, -0.1) is 0 Å². The second-order valence-electron chi connectivity index (χ2n) is 5.00. The van der Waals surface area contributed by atoms with Crippen molar-refractivity contribution in [2.24, 2.45) is 0 Å². The first-order valence-corrected chi connectivity index (χ1v) is 7.14. The zero-order chi connectivity index (χ0) is 15.5. The Morgan fingerprint density at radius 2 is 1.95 bits per heavy atom. The third-order valence-electron chi connectivity index (χ3n) is 3.52. The summed E-state index contributed by atoms with van der Waals surface area (Å²) in [6.07, 6.45) is 0.270. The Balaban J connectivity index is 1.83. The predicted octanol–water partition coefficient (Wildman–Crippen LogP) is 2.72. The average molecular weight is 296 g/mol. The number of hydrogen-bond donors (Lipinski definition) is 1. The van der Waals surface area contributed by atoms with E-state index in [1.807, 2.05) is 37.3 Å². The number of para-hydroxylation sites is 1. The van der Waals surface area contributed by atoms with Crippen LogP contribution in [0.5, 0.6) is 0 Å². The van der Waals surface area contributed by atoms with Crippen molar-refractivity contribution < 1.29 is 9.21 Å². The lowest BCUT2D eigenvalue weighted by atomic mass is 10.1. The van der Waals surface area contributed by atoms with Crippen LogP contribution in [0, 0.1) is 0 Å². The maximum atomic E-state index is 12.5. The van der Waals surface area contributed by atoms with Crippen LogP contribution >= 0.6 is 0 Å². The molecule has 1 aromatic heterocycles. The van der Waals surface area contributed by atoms with Crippen LogP contribution in [0.1, 0.15) is 12.5 Å². The van der Waals surface area contributed by atoms with Gasteiger partial charge in [-0.25, -0.2) is 4.79 Å². The highest BCUT2D eigenvalue weighted by atomic mass is 16.4. The molecule has 1 N–H and O–H groups in total. The van der Waals surface area contributed by atoms with Crippen molar-refractivity contribution >= 4 is 22.7 Å². The molecule has 3 aromatic rings. The van der Waals surface area contributed by atoms with Crippen molar-refractivity contribution in [2.75, 3.05) is 11.4 Å². The van der Waals surface area contributed by atoms with Gasteiger partial charge in [0.15, 0.2) is 5.58 Å². The number of aromatic nitrogens is 1. The Kier molecular flexibility index (Phi) is 3.78. The minimum Gasteiger partial charge on any atom is -0.408 e. The van der Waals surface area contributed by atoms with Gasteiger partial charge in [-0.3, -0.25) is 9.78 Å². The Hall–Kier alpha value is -2.82. The minimum absolute atomic E-state index is 0.0129. The first-order valence-electron chi connectivity index (χ1n) is 7.14. The number of aromatic amines is 1. The number of carbonyl (C=O) groups is 1. The van der Waals surface area contributed by atoms with Gasteiger partial charge in [0.1, 0.15) is 0 Å². The van der Waals surface area contributed by atoms with Gasteiger partial charge in [-0.1, -0.05) is 24.3 Å². The van der Waals surface area contributed by atoms with E-state index in [0.717, 1.165) is 11.3 Å². The molecule has 0 unspecified atom stereocenters. The van der Waals surface area contributed by atoms with E-state index in [-0.39, 0.29) is 12.3 Å². The second-order valence-corrected chi connectivity index (χ2v) is 5.00. The highest BCUT2D eigenvalue weighted by Gasteiger charge is 2.14. The van der Waals surface area contributed by atoms with Crippen molar-refractivity contribution in [2.45, 2.75) is 13.3 Å². The van der Waals surface area contributed by atoms with Gasteiger partial charge in [0.05, 0.1) is 11.9 Å². The van der Waals surface area contributed by atoms with E-state index in [0.29, 0.717) is 17.6 Å². The van der Waals surface area contributed by atoms with E-state index >= 15 is 0 Å². The maximum absolute atomic E-state index is 12.5. The molecule has 5 heteroatoms. The molecule has 0 spiro atoms. The molecule has 0 radical (unpaired) electrons. The molecule has 0 aliphatic rings. The number of H-pyrrole nitrogens is 1. The summed E-state index contributed by atoms with van der Waals surface area (Å²) in [4.78, 5) is 28.0. The zero-order valence-corrected chi connectivity index (χ0v) is 12.2. The molecule has 1 heterocycles. The van der Waals surface area contributed by atoms with Crippen LogP contribution in [0.2, 0.25) is 0 Å². The SMILES string of the molecule is CCN(C(=O)Cc1ccc2oc(=O)[nH]c2c1)c1ccccc1. The number of carbonyl (C=O) groups excluding carboxylic acids is 1. The number of likely N-dealkylation sites (N-methyl/N-ethyl adjacent to an activating group) is 1. The van der Waals surface area contributed by atoms with Crippen LogP contribution in [-0.4, -0.2) is 17.4 Å². The van der Waals surface area contributed by atoms with Gasteiger partial charge in [0, 0.05) is 12.2 Å². The van der Waals surface area contributed by atoms with Crippen molar-refractivity contribution in [3.63, 3.8) is 0 Å². The molecule has 0 atom stereocenters. The summed E-state index contributed by atoms with van der Waals surface area (Å²) in [5.41, 5.74) is 2.83. The summed E-state index contributed by atoms with van der Waals surface area (Å²) in [5.74, 6) is -0.475. The Bertz CT molecular complexity index is 849. The van der Waals surface area contributed by atoms with Crippen LogP contribution < -0.4 is 10.7 Å². The Labute approximate surface area is 127 Å². The second kappa shape index (κ2) is 5.89. The minimum atomic E-state index is -0.488. The largest absolute Gasteiger partial charge is 0.417 e. The number of anilines is 1. The molecule has 0 saturated heterocycles. The van der Waals surface area contributed by atoms with Crippen LogP contribution in [-0.2, 0) is 11.2 Å². The first kappa shape index (κ1) is 14.1. The van der Waals surface area contributed by atoms with Crippen molar-refractivity contribution in [1.29, 1.82) is 0 Å². The molecule has 1 amide bonds. The van der Waals surface area contributed by atoms with Crippen molar-refractivity contribution in [3.8, 4) is 0 Å². The van der Waals surface area contributed by atoms with E-state index < -0.39 is 5.76 Å². The van der Waals surface area contributed by atoms with Gasteiger partial charge in [0.2, 0.25) is 5.91 Å². The van der Waals surface area contributed by atoms with Gasteiger partial charge >= 0.3 is 5.76 Å². The number of amides is 1. The molecule has 2 aromatic carbocycles. The normalized spacial score (nSPS) is 10.8. The lowest BCUT2D eigenvalue weighted by Gasteiger charge is -2.21. The number of nitrogens with one attached hydrogen (secondary N) is 1. The van der Waals surface area contributed by atoms with Gasteiger partial charge in [0.25, 0.3) is 0 Å². The number of rotatable bonds is 4. The summed E-state index contributed by atoms with van der Waals surface area (Å²) in [6, 6.07) is 14.9. The molecule has 0 bridgehead atoms. The topological polar surface area (TPSA) is 66.3 Å². The highest BCUT2D eigenvalue weighted by Crippen LogP contribution is 2.17. The number of nitrogens with zero attached hydrogens (tertiary/aromatic N) is 1. The van der Waals surface area contributed by atoms with Gasteiger partial charge < -0.3 is 9.32 Å².